The van der Waals surface area contributed by atoms with Gasteiger partial charge in [-0.3, -0.25) is 0 Å². The van der Waals surface area contributed by atoms with Crippen molar-refractivity contribution < 1.29 is 9.53 Å². The van der Waals surface area contributed by atoms with Gasteiger partial charge in [-0.05, 0) is 17.3 Å². The molecule has 0 fully saturated rings. The van der Waals surface area contributed by atoms with E-state index in [1.165, 1.54) is 18.0 Å². The van der Waals surface area contributed by atoms with E-state index in [4.69, 9.17) is 0 Å². The molecule has 86 valence electrons. The number of hydrogen-bond donors (Lipinski definition) is 0. The topological polar surface area (TPSA) is 73.5 Å². The third kappa shape index (κ3) is 2.05. The first-order valence-electron chi connectivity index (χ1n) is 4.83. The molecule has 2 aromatic rings. The normalized spacial score (nSPS) is 9.94. The standard InChI is InChI=1S/C11H9N3O3/c1-17-11(15)10-9(13-16)7-14(12-10)8-5-3-2-4-6-8/h2-7H,1H3. The van der Waals surface area contributed by atoms with Crippen LogP contribution in [0.1, 0.15) is 10.5 Å². The number of methoxy groups -OCH3 is 1. The molecule has 6 heteroatoms. The van der Waals surface area contributed by atoms with E-state index in [-0.39, 0.29) is 11.4 Å². The molecule has 0 saturated carbocycles. The number of carbonyl (C=O) groups excluding carboxylic acids is 1. The minimum Gasteiger partial charge on any atom is -0.464 e. The van der Waals surface area contributed by atoms with Crippen molar-refractivity contribution in [2.24, 2.45) is 5.18 Å². The predicted octanol–water partition coefficient (Wildman–Crippen LogP) is 2.06. The van der Waals surface area contributed by atoms with Crippen LogP contribution in [0.3, 0.4) is 0 Å². The Morgan fingerprint density at radius 3 is 2.65 bits per heavy atom. The van der Waals surface area contributed by atoms with Crippen molar-refractivity contribution in [1.82, 2.24) is 9.78 Å². The van der Waals surface area contributed by atoms with E-state index in [0.717, 1.165) is 5.69 Å². The molecule has 6 nitrogen and oxygen atoms in total. The number of nitrogens with zero attached hydrogens (tertiary/aromatic N) is 3. The van der Waals surface area contributed by atoms with Crippen LogP contribution in [-0.2, 0) is 4.74 Å². The van der Waals surface area contributed by atoms with Crippen molar-refractivity contribution in [2.75, 3.05) is 7.11 Å². The van der Waals surface area contributed by atoms with Crippen LogP contribution in [0.4, 0.5) is 5.69 Å². The van der Waals surface area contributed by atoms with Gasteiger partial charge in [-0.1, -0.05) is 18.2 Å². The Kier molecular flexibility index (Phi) is 2.95. The van der Waals surface area contributed by atoms with Crippen molar-refractivity contribution in [3.8, 4) is 5.69 Å². The number of esters is 1. The second kappa shape index (κ2) is 4.56. The summed E-state index contributed by atoms with van der Waals surface area (Å²) < 4.78 is 5.92. The summed E-state index contributed by atoms with van der Waals surface area (Å²) in [5.74, 6) is -0.686. The van der Waals surface area contributed by atoms with Crippen LogP contribution >= 0.6 is 0 Å². The van der Waals surface area contributed by atoms with E-state index in [1.54, 1.807) is 12.1 Å². The third-order valence-corrected chi connectivity index (χ3v) is 2.19. The third-order valence-electron chi connectivity index (χ3n) is 2.19. The summed E-state index contributed by atoms with van der Waals surface area (Å²) in [7, 11) is 1.22. The molecule has 0 amide bonds. The number of aromatic nitrogens is 2. The SMILES string of the molecule is COC(=O)c1nn(-c2ccccc2)cc1N=O. The zero-order valence-corrected chi connectivity index (χ0v) is 9.03. The fourth-order valence-electron chi connectivity index (χ4n) is 1.39. The second-order valence-electron chi connectivity index (χ2n) is 3.23. The quantitative estimate of drug-likeness (QED) is 0.598. The molecule has 0 aliphatic heterocycles. The van der Waals surface area contributed by atoms with Crippen molar-refractivity contribution >= 4 is 11.7 Å². The Bertz CT molecular complexity index is 548. The number of nitroso groups, excluding NO2 is 1. The highest BCUT2D eigenvalue weighted by atomic mass is 16.5. The highest BCUT2D eigenvalue weighted by molar-refractivity contribution is 5.92. The van der Waals surface area contributed by atoms with Gasteiger partial charge in [-0.15, -0.1) is 4.91 Å². The first kappa shape index (κ1) is 11.0. The predicted molar refractivity (Wildman–Crippen MR) is 60.4 cm³/mol. The number of para-hydroxylation sites is 1. The molecule has 2 rings (SSSR count). The summed E-state index contributed by atoms with van der Waals surface area (Å²) in [6.45, 7) is 0. The van der Waals surface area contributed by atoms with E-state index in [2.05, 4.69) is 15.0 Å². The zero-order valence-electron chi connectivity index (χ0n) is 9.03. The molecular formula is C11H9N3O3. The molecule has 0 aliphatic carbocycles. The summed E-state index contributed by atoms with van der Waals surface area (Å²) in [5.41, 5.74) is 0.597. The van der Waals surface area contributed by atoms with Crippen LogP contribution in [0.2, 0.25) is 0 Å². The summed E-state index contributed by atoms with van der Waals surface area (Å²) in [4.78, 5) is 21.9. The van der Waals surface area contributed by atoms with Gasteiger partial charge in [-0.2, -0.15) is 5.10 Å². The van der Waals surface area contributed by atoms with Gasteiger partial charge in [0.25, 0.3) is 0 Å². The number of ether oxygens (including phenoxy) is 1. The number of carbonyl (C=O) groups is 1. The van der Waals surface area contributed by atoms with Crippen LogP contribution in [0.25, 0.3) is 5.69 Å². The van der Waals surface area contributed by atoms with Crippen molar-refractivity contribution in [3.63, 3.8) is 0 Å². The Hall–Kier alpha value is -2.50. The summed E-state index contributed by atoms with van der Waals surface area (Å²) in [6, 6.07) is 9.09. The molecule has 0 bridgehead atoms. The van der Waals surface area contributed by atoms with E-state index in [9.17, 15) is 9.70 Å². The van der Waals surface area contributed by atoms with Crippen LogP contribution in [0.15, 0.2) is 41.7 Å². The smallest absolute Gasteiger partial charge is 0.360 e. The number of hydrogen-bond acceptors (Lipinski definition) is 5. The lowest BCUT2D eigenvalue weighted by atomic mass is 10.3. The number of benzene rings is 1. The Balaban J connectivity index is 2.48. The molecule has 0 N–H and O–H groups in total. The van der Waals surface area contributed by atoms with Crippen LogP contribution in [0.5, 0.6) is 0 Å². The minimum absolute atomic E-state index is 0.0410. The molecule has 1 aromatic carbocycles. The molecule has 0 spiro atoms. The van der Waals surface area contributed by atoms with Crippen molar-refractivity contribution in [2.45, 2.75) is 0 Å². The van der Waals surface area contributed by atoms with Crippen LogP contribution < -0.4 is 0 Å². The molecule has 0 unspecified atom stereocenters. The van der Waals surface area contributed by atoms with Gasteiger partial charge in [-0.25, -0.2) is 9.48 Å². The van der Waals surface area contributed by atoms with Gasteiger partial charge < -0.3 is 4.74 Å². The Labute approximate surface area is 96.8 Å². The van der Waals surface area contributed by atoms with Gasteiger partial charge in [0.1, 0.15) is 0 Å². The second-order valence-corrected chi connectivity index (χ2v) is 3.23. The number of rotatable bonds is 3. The van der Waals surface area contributed by atoms with E-state index in [0.29, 0.717) is 0 Å². The summed E-state index contributed by atoms with van der Waals surface area (Å²) >= 11 is 0. The van der Waals surface area contributed by atoms with Gasteiger partial charge in [0.05, 0.1) is 19.0 Å². The maximum Gasteiger partial charge on any atom is 0.360 e. The largest absolute Gasteiger partial charge is 0.464 e. The molecule has 1 heterocycles. The van der Waals surface area contributed by atoms with E-state index in [1.807, 2.05) is 18.2 Å². The molecule has 0 radical (unpaired) electrons. The molecular weight excluding hydrogens is 222 g/mol. The minimum atomic E-state index is -0.686. The first-order valence-corrected chi connectivity index (χ1v) is 4.83. The maximum absolute atomic E-state index is 11.3. The average Bonchev–Trinajstić information content (AvgIpc) is 2.83. The Morgan fingerprint density at radius 1 is 1.35 bits per heavy atom. The van der Waals surface area contributed by atoms with Gasteiger partial charge in [0.15, 0.2) is 11.4 Å². The van der Waals surface area contributed by atoms with Gasteiger partial charge >= 0.3 is 5.97 Å². The average molecular weight is 231 g/mol. The fraction of sp³-hybridized carbons (Fsp3) is 0.0909. The van der Waals surface area contributed by atoms with E-state index >= 15 is 0 Å². The molecule has 0 aliphatic rings. The first-order chi connectivity index (χ1) is 8.26. The molecule has 0 saturated heterocycles. The fourth-order valence-corrected chi connectivity index (χ4v) is 1.39. The lowest BCUT2D eigenvalue weighted by Crippen LogP contribution is -2.04. The van der Waals surface area contributed by atoms with Crippen molar-refractivity contribution in [1.29, 1.82) is 0 Å². The summed E-state index contributed by atoms with van der Waals surface area (Å²) in [5, 5.41) is 6.72. The lowest BCUT2D eigenvalue weighted by Gasteiger charge is -1.98. The molecule has 0 atom stereocenters. The Morgan fingerprint density at radius 2 is 2.06 bits per heavy atom. The van der Waals surface area contributed by atoms with Crippen molar-refractivity contribution in [3.05, 3.63) is 47.1 Å². The van der Waals surface area contributed by atoms with Gasteiger partial charge in [0, 0.05) is 0 Å². The maximum atomic E-state index is 11.3. The van der Waals surface area contributed by atoms with Crippen LogP contribution in [0, 0.1) is 4.91 Å². The molecule has 17 heavy (non-hydrogen) atoms. The van der Waals surface area contributed by atoms with Crippen LogP contribution in [-0.4, -0.2) is 22.9 Å². The highest BCUT2D eigenvalue weighted by Crippen LogP contribution is 2.20. The lowest BCUT2D eigenvalue weighted by molar-refractivity contribution is 0.0594. The monoisotopic (exact) mass is 231 g/mol. The highest BCUT2D eigenvalue weighted by Gasteiger charge is 2.18. The zero-order chi connectivity index (χ0) is 12.3. The van der Waals surface area contributed by atoms with Gasteiger partial charge in [0.2, 0.25) is 0 Å². The van der Waals surface area contributed by atoms with E-state index < -0.39 is 5.97 Å². The molecule has 1 aromatic heterocycles. The summed E-state index contributed by atoms with van der Waals surface area (Å²) in [6.07, 6.45) is 1.38.